The molecule has 120 valence electrons. The van der Waals surface area contributed by atoms with Gasteiger partial charge in [0.15, 0.2) is 0 Å². The average Bonchev–Trinajstić information content (AvgIpc) is 2.59. The monoisotopic (exact) mass is 309 g/mol. The minimum atomic E-state index is 0.199. The maximum Gasteiger partial charge on any atom is 0.227 e. The van der Waals surface area contributed by atoms with E-state index < -0.39 is 0 Å². The van der Waals surface area contributed by atoms with Crippen LogP contribution in [-0.4, -0.2) is 19.1 Å². The SMILES string of the molecule is Cc1ccc(OCCCC(=O)N2CCCc3ccccc32)cc1. The second kappa shape index (κ2) is 7.32. The lowest BCUT2D eigenvalue weighted by molar-refractivity contribution is -0.118. The Hall–Kier alpha value is -2.29. The van der Waals surface area contributed by atoms with Crippen LogP contribution in [0.15, 0.2) is 48.5 Å². The number of carbonyl (C=O) groups excluding carboxylic acids is 1. The zero-order chi connectivity index (χ0) is 16.1. The van der Waals surface area contributed by atoms with Crippen LogP contribution in [0.2, 0.25) is 0 Å². The van der Waals surface area contributed by atoms with Crippen molar-refractivity contribution in [2.24, 2.45) is 0 Å². The number of rotatable bonds is 5. The number of carbonyl (C=O) groups is 1. The van der Waals surface area contributed by atoms with Gasteiger partial charge in [-0.25, -0.2) is 0 Å². The van der Waals surface area contributed by atoms with E-state index in [4.69, 9.17) is 4.74 Å². The summed E-state index contributed by atoms with van der Waals surface area (Å²) in [4.78, 5) is 14.4. The molecule has 1 amide bonds. The van der Waals surface area contributed by atoms with E-state index in [-0.39, 0.29) is 5.91 Å². The van der Waals surface area contributed by atoms with Crippen molar-refractivity contribution in [1.29, 1.82) is 0 Å². The number of benzene rings is 2. The van der Waals surface area contributed by atoms with Gasteiger partial charge in [0.05, 0.1) is 6.61 Å². The Morgan fingerprint density at radius 3 is 2.74 bits per heavy atom. The van der Waals surface area contributed by atoms with Gasteiger partial charge in [0.2, 0.25) is 5.91 Å². The quantitative estimate of drug-likeness (QED) is 0.777. The molecule has 3 heteroatoms. The number of anilines is 1. The number of fused-ring (bicyclic) bond motifs is 1. The minimum absolute atomic E-state index is 0.199. The minimum Gasteiger partial charge on any atom is -0.494 e. The van der Waals surface area contributed by atoms with Crippen molar-refractivity contribution in [1.82, 2.24) is 0 Å². The standard InChI is InChI=1S/C20H23NO2/c1-16-10-12-18(13-11-16)23-15-5-9-20(22)21-14-4-7-17-6-2-3-8-19(17)21/h2-3,6,8,10-13H,4-5,7,9,14-15H2,1H3. The summed E-state index contributed by atoms with van der Waals surface area (Å²) in [6, 6.07) is 16.2. The lowest BCUT2D eigenvalue weighted by Crippen LogP contribution is -2.35. The van der Waals surface area contributed by atoms with Crippen LogP contribution in [0.1, 0.15) is 30.4 Å². The fourth-order valence-electron chi connectivity index (χ4n) is 2.98. The molecule has 1 aliphatic heterocycles. The summed E-state index contributed by atoms with van der Waals surface area (Å²) in [5, 5.41) is 0. The second-order valence-corrected chi connectivity index (χ2v) is 6.04. The highest BCUT2D eigenvalue weighted by molar-refractivity contribution is 5.94. The fraction of sp³-hybridized carbons (Fsp3) is 0.350. The third-order valence-electron chi connectivity index (χ3n) is 4.24. The van der Waals surface area contributed by atoms with Crippen molar-refractivity contribution in [3.8, 4) is 5.75 Å². The van der Waals surface area contributed by atoms with Crippen molar-refractivity contribution >= 4 is 11.6 Å². The Balaban J connectivity index is 1.49. The van der Waals surface area contributed by atoms with Crippen LogP contribution in [0, 0.1) is 6.92 Å². The number of amides is 1. The molecule has 0 saturated heterocycles. The summed E-state index contributed by atoms with van der Waals surface area (Å²) >= 11 is 0. The van der Waals surface area contributed by atoms with Gasteiger partial charge in [-0.15, -0.1) is 0 Å². The molecule has 23 heavy (non-hydrogen) atoms. The van der Waals surface area contributed by atoms with E-state index in [1.165, 1.54) is 11.1 Å². The molecule has 1 aliphatic rings. The molecule has 0 atom stereocenters. The molecule has 2 aromatic carbocycles. The number of ether oxygens (including phenoxy) is 1. The van der Waals surface area contributed by atoms with Gasteiger partial charge in [0, 0.05) is 18.7 Å². The molecule has 0 fully saturated rings. The molecule has 0 radical (unpaired) electrons. The molecule has 0 bridgehead atoms. The Morgan fingerprint density at radius 1 is 1.13 bits per heavy atom. The first kappa shape index (κ1) is 15.6. The van der Waals surface area contributed by atoms with Crippen molar-refractivity contribution in [2.45, 2.75) is 32.6 Å². The van der Waals surface area contributed by atoms with Crippen LogP contribution in [0.25, 0.3) is 0 Å². The maximum absolute atomic E-state index is 12.5. The zero-order valence-electron chi connectivity index (χ0n) is 13.6. The van der Waals surface area contributed by atoms with E-state index in [1.807, 2.05) is 41.3 Å². The van der Waals surface area contributed by atoms with Gasteiger partial charge in [-0.3, -0.25) is 4.79 Å². The summed E-state index contributed by atoms with van der Waals surface area (Å²) in [7, 11) is 0. The highest BCUT2D eigenvalue weighted by atomic mass is 16.5. The van der Waals surface area contributed by atoms with E-state index in [9.17, 15) is 4.79 Å². The third kappa shape index (κ3) is 3.92. The summed E-state index contributed by atoms with van der Waals surface area (Å²) in [5.41, 5.74) is 3.59. The Labute approximate surface area is 137 Å². The summed E-state index contributed by atoms with van der Waals surface area (Å²) in [6.45, 7) is 3.46. The van der Waals surface area contributed by atoms with Gasteiger partial charge < -0.3 is 9.64 Å². The number of hydrogen-bond acceptors (Lipinski definition) is 2. The van der Waals surface area contributed by atoms with Crippen LogP contribution in [-0.2, 0) is 11.2 Å². The smallest absolute Gasteiger partial charge is 0.227 e. The molecule has 0 saturated carbocycles. The molecule has 0 N–H and O–H groups in total. The molecule has 0 aromatic heterocycles. The van der Waals surface area contributed by atoms with Crippen LogP contribution in [0.4, 0.5) is 5.69 Å². The van der Waals surface area contributed by atoms with Gasteiger partial charge in [-0.05, 0) is 49.9 Å². The summed E-state index contributed by atoms with van der Waals surface area (Å²) in [6.07, 6.45) is 3.38. The first-order chi connectivity index (χ1) is 11.2. The predicted octanol–water partition coefficient (Wildman–Crippen LogP) is 4.13. The topological polar surface area (TPSA) is 29.5 Å². The van der Waals surface area contributed by atoms with Crippen molar-refractivity contribution < 1.29 is 9.53 Å². The first-order valence-corrected chi connectivity index (χ1v) is 8.32. The average molecular weight is 309 g/mol. The Kier molecular flexibility index (Phi) is 4.96. The molecule has 2 aromatic rings. The van der Waals surface area contributed by atoms with Gasteiger partial charge in [-0.1, -0.05) is 35.9 Å². The predicted molar refractivity (Wildman–Crippen MR) is 93.0 cm³/mol. The van der Waals surface area contributed by atoms with Crippen LogP contribution in [0.5, 0.6) is 5.75 Å². The zero-order valence-corrected chi connectivity index (χ0v) is 13.6. The normalized spacial score (nSPS) is 13.5. The molecule has 1 heterocycles. The largest absolute Gasteiger partial charge is 0.494 e. The van der Waals surface area contributed by atoms with E-state index in [2.05, 4.69) is 19.1 Å². The fourth-order valence-corrected chi connectivity index (χ4v) is 2.98. The summed E-state index contributed by atoms with van der Waals surface area (Å²) in [5.74, 6) is 1.07. The van der Waals surface area contributed by atoms with Gasteiger partial charge in [0.1, 0.15) is 5.75 Å². The number of nitrogens with zero attached hydrogens (tertiary/aromatic N) is 1. The van der Waals surface area contributed by atoms with Crippen LogP contribution in [0.3, 0.4) is 0 Å². The van der Waals surface area contributed by atoms with Crippen LogP contribution >= 0.6 is 0 Å². The second-order valence-electron chi connectivity index (χ2n) is 6.04. The van der Waals surface area contributed by atoms with E-state index in [0.717, 1.165) is 37.2 Å². The van der Waals surface area contributed by atoms with Gasteiger partial charge >= 0.3 is 0 Å². The first-order valence-electron chi connectivity index (χ1n) is 8.32. The lowest BCUT2D eigenvalue weighted by Gasteiger charge is -2.29. The molecule has 0 aliphatic carbocycles. The van der Waals surface area contributed by atoms with E-state index >= 15 is 0 Å². The number of hydrogen-bond donors (Lipinski definition) is 0. The van der Waals surface area contributed by atoms with Crippen LogP contribution < -0.4 is 9.64 Å². The third-order valence-corrected chi connectivity index (χ3v) is 4.24. The molecule has 3 nitrogen and oxygen atoms in total. The highest BCUT2D eigenvalue weighted by Gasteiger charge is 2.21. The number of para-hydroxylation sites is 1. The lowest BCUT2D eigenvalue weighted by atomic mass is 10.0. The van der Waals surface area contributed by atoms with E-state index in [0.29, 0.717) is 13.0 Å². The van der Waals surface area contributed by atoms with Gasteiger partial charge in [-0.2, -0.15) is 0 Å². The molecule has 3 rings (SSSR count). The summed E-state index contributed by atoms with van der Waals surface area (Å²) < 4.78 is 5.70. The van der Waals surface area contributed by atoms with Crippen molar-refractivity contribution in [3.05, 3.63) is 59.7 Å². The Bertz CT molecular complexity index is 664. The van der Waals surface area contributed by atoms with Gasteiger partial charge in [0.25, 0.3) is 0 Å². The van der Waals surface area contributed by atoms with Crippen molar-refractivity contribution in [3.63, 3.8) is 0 Å². The molecular weight excluding hydrogens is 286 g/mol. The molecular formula is C20H23NO2. The van der Waals surface area contributed by atoms with Crippen molar-refractivity contribution in [2.75, 3.05) is 18.1 Å². The van der Waals surface area contributed by atoms with E-state index in [1.54, 1.807) is 0 Å². The highest BCUT2D eigenvalue weighted by Crippen LogP contribution is 2.27. The Morgan fingerprint density at radius 2 is 1.91 bits per heavy atom. The molecule has 0 spiro atoms. The maximum atomic E-state index is 12.5. The number of aryl methyl sites for hydroxylation is 2. The molecule has 0 unspecified atom stereocenters.